The van der Waals surface area contributed by atoms with E-state index in [1.807, 2.05) is 0 Å². The lowest BCUT2D eigenvalue weighted by Crippen LogP contribution is -2.19. The van der Waals surface area contributed by atoms with Gasteiger partial charge in [-0.25, -0.2) is 4.79 Å². The quantitative estimate of drug-likeness (QED) is 0.665. The monoisotopic (exact) mass is 293 g/mol. The highest BCUT2D eigenvalue weighted by Gasteiger charge is 2.12. The summed E-state index contributed by atoms with van der Waals surface area (Å²) in [6.45, 7) is 0.298. The lowest BCUT2D eigenvalue weighted by molar-refractivity contribution is -0.139. The number of carboxylic acid groups (broad SMARTS) is 1. The zero-order chi connectivity index (χ0) is 13.5. The number of benzene rings is 1. The van der Waals surface area contributed by atoms with Gasteiger partial charge >= 0.3 is 5.97 Å². The number of aliphatic carboxylic acids is 1. The number of ether oxygens (including phenoxy) is 1. The Morgan fingerprint density at radius 1 is 1.39 bits per heavy atom. The highest BCUT2D eigenvalue weighted by molar-refractivity contribution is 6.35. The molecule has 0 aliphatic heterocycles. The van der Waals surface area contributed by atoms with Crippen LogP contribution in [0.25, 0.3) is 0 Å². The van der Waals surface area contributed by atoms with Crippen molar-refractivity contribution in [1.82, 2.24) is 5.32 Å². The molecule has 0 radical (unpaired) electrons. The molecule has 0 aromatic heterocycles. The molecule has 0 unspecified atom stereocenters. The summed E-state index contributed by atoms with van der Waals surface area (Å²) >= 11 is 11.8. The van der Waals surface area contributed by atoms with Gasteiger partial charge < -0.3 is 20.3 Å². The van der Waals surface area contributed by atoms with Gasteiger partial charge in [-0.3, -0.25) is 0 Å². The van der Waals surface area contributed by atoms with Gasteiger partial charge in [0.2, 0.25) is 0 Å². The molecule has 3 N–H and O–H groups in total. The Balaban J connectivity index is 2.86. The average Bonchev–Trinajstić information content (AvgIpc) is 2.27. The molecular weight excluding hydrogens is 281 g/mol. The van der Waals surface area contributed by atoms with Crippen molar-refractivity contribution in [2.45, 2.75) is 6.54 Å². The summed E-state index contributed by atoms with van der Waals surface area (Å²) < 4.78 is 5.12. The molecule has 1 rings (SSSR count). The van der Waals surface area contributed by atoms with Gasteiger partial charge in [-0.15, -0.1) is 0 Å². The number of aliphatic hydroxyl groups is 1. The minimum Gasteiger partial charge on any atom is -0.480 e. The number of carbonyl (C=O) groups is 1. The minimum absolute atomic E-state index is 0.000383. The van der Waals surface area contributed by atoms with E-state index in [4.69, 9.17) is 38.2 Å². The van der Waals surface area contributed by atoms with Crippen molar-refractivity contribution >= 4 is 29.2 Å². The molecular formula is C11H13Cl2NO4. The van der Waals surface area contributed by atoms with Crippen LogP contribution in [0.1, 0.15) is 5.56 Å². The van der Waals surface area contributed by atoms with E-state index < -0.39 is 12.6 Å². The lowest BCUT2D eigenvalue weighted by atomic mass is 10.2. The van der Waals surface area contributed by atoms with E-state index >= 15 is 0 Å². The van der Waals surface area contributed by atoms with Gasteiger partial charge in [-0.1, -0.05) is 23.2 Å². The average molecular weight is 294 g/mol. The summed E-state index contributed by atoms with van der Waals surface area (Å²) in [5.41, 5.74) is 0.641. The molecule has 0 fully saturated rings. The Morgan fingerprint density at radius 3 is 2.72 bits per heavy atom. The van der Waals surface area contributed by atoms with E-state index in [0.717, 1.165) is 0 Å². The van der Waals surface area contributed by atoms with E-state index in [9.17, 15) is 4.79 Å². The van der Waals surface area contributed by atoms with Crippen LogP contribution in [0.4, 0.5) is 0 Å². The summed E-state index contributed by atoms with van der Waals surface area (Å²) in [4.78, 5) is 10.5. The van der Waals surface area contributed by atoms with Crippen LogP contribution in [0.3, 0.4) is 0 Å². The normalized spacial score (nSPS) is 10.4. The van der Waals surface area contributed by atoms with Crippen molar-refractivity contribution in [2.24, 2.45) is 0 Å². The maximum Gasteiger partial charge on any atom is 0.341 e. The predicted octanol–water partition coefficient (Wildman–Crippen LogP) is 1.54. The van der Waals surface area contributed by atoms with Gasteiger partial charge in [0.25, 0.3) is 0 Å². The van der Waals surface area contributed by atoms with Gasteiger partial charge in [-0.2, -0.15) is 0 Å². The molecule has 0 bridgehead atoms. The molecule has 0 saturated heterocycles. The number of aliphatic hydroxyl groups excluding tert-OH is 1. The lowest BCUT2D eigenvalue weighted by Gasteiger charge is -2.13. The van der Waals surface area contributed by atoms with E-state index in [2.05, 4.69) is 5.32 Å². The third-order valence-corrected chi connectivity index (χ3v) is 2.53. The number of halogens is 2. The molecule has 0 amide bonds. The SMILES string of the molecule is O=C(O)COc1c(Cl)cc(Cl)cc1CNCCO. The Morgan fingerprint density at radius 2 is 2.11 bits per heavy atom. The molecule has 1 aromatic carbocycles. The van der Waals surface area contributed by atoms with Gasteiger partial charge in [0.1, 0.15) is 5.75 Å². The van der Waals surface area contributed by atoms with Crippen LogP contribution in [0.15, 0.2) is 12.1 Å². The molecule has 0 heterocycles. The highest BCUT2D eigenvalue weighted by atomic mass is 35.5. The summed E-state index contributed by atoms with van der Waals surface area (Å²) in [5.74, 6) is -0.802. The first-order valence-electron chi connectivity index (χ1n) is 5.18. The molecule has 100 valence electrons. The summed E-state index contributed by atoms with van der Waals surface area (Å²) in [6.07, 6.45) is 0. The van der Waals surface area contributed by atoms with Crippen LogP contribution >= 0.6 is 23.2 Å². The highest BCUT2D eigenvalue weighted by Crippen LogP contribution is 2.32. The second-order valence-electron chi connectivity index (χ2n) is 3.46. The van der Waals surface area contributed by atoms with Crippen molar-refractivity contribution in [3.63, 3.8) is 0 Å². The molecule has 1 aromatic rings. The molecule has 0 aliphatic carbocycles. The van der Waals surface area contributed by atoms with Gasteiger partial charge in [0.15, 0.2) is 6.61 Å². The van der Waals surface area contributed by atoms with Crippen LogP contribution in [0, 0.1) is 0 Å². The first-order chi connectivity index (χ1) is 8.54. The van der Waals surface area contributed by atoms with Gasteiger partial charge in [0.05, 0.1) is 11.6 Å². The standard InChI is InChI=1S/C11H13Cl2NO4/c12-8-3-7(5-14-1-2-15)11(9(13)4-8)18-6-10(16)17/h3-4,14-15H,1-2,5-6H2,(H,16,17). The summed E-state index contributed by atoms with van der Waals surface area (Å²) in [6, 6.07) is 3.12. The fourth-order valence-electron chi connectivity index (χ4n) is 1.34. The first-order valence-corrected chi connectivity index (χ1v) is 5.94. The summed E-state index contributed by atoms with van der Waals surface area (Å²) in [7, 11) is 0. The van der Waals surface area contributed by atoms with Crippen molar-refractivity contribution in [2.75, 3.05) is 19.8 Å². The van der Waals surface area contributed by atoms with Crippen LogP contribution in [-0.2, 0) is 11.3 Å². The molecule has 5 nitrogen and oxygen atoms in total. The zero-order valence-electron chi connectivity index (χ0n) is 9.45. The topological polar surface area (TPSA) is 78.8 Å². The Kier molecular flexibility index (Phi) is 6.21. The number of carboxylic acids is 1. The van der Waals surface area contributed by atoms with Crippen molar-refractivity contribution in [1.29, 1.82) is 0 Å². The van der Waals surface area contributed by atoms with E-state index in [-0.39, 0.29) is 17.4 Å². The summed E-state index contributed by atoms with van der Waals surface area (Å²) in [5, 5.41) is 20.9. The van der Waals surface area contributed by atoms with Crippen LogP contribution in [0.2, 0.25) is 10.0 Å². The smallest absolute Gasteiger partial charge is 0.341 e. The molecule has 0 atom stereocenters. The maximum atomic E-state index is 10.5. The Bertz CT molecular complexity index is 426. The Hall–Kier alpha value is -1.01. The first kappa shape index (κ1) is 15.0. The predicted molar refractivity (Wildman–Crippen MR) is 68.4 cm³/mol. The molecule has 0 spiro atoms. The third-order valence-electron chi connectivity index (χ3n) is 2.03. The van der Waals surface area contributed by atoms with Crippen molar-refractivity contribution in [3.8, 4) is 5.75 Å². The fourth-order valence-corrected chi connectivity index (χ4v) is 1.93. The molecule has 0 aliphatic rings. The molecule has 18 heavy (non-hydrogen) atoms. The van der Waals surface area contributed by atoms with E-state index in [1.54, 1.807) is 6.07 Å². The van der Waals surface area contributed by atoms with Crippen LogP contribution < -0.4 is 10.1 Å². The van der Waals surface area contributed by atoms with E-state index in [1.165, 1.54) is 6.07 Å². The molecule has 7 heteroatoms. The fraction of sp³-hybridized carbons (Fsp3) is 0.364. The maximum absolute atomic E-state index is 10.5. The van der Waals surface area contributed by atoms with Crippen molar-refractivity contribution in [3.05, 3.63) is 27.7 Å². The largest absolute Gasteiger partial charge is 0.480 e. The van der Waals surface area contributed by atoms with Gasteiger partial charge in [-0.05, 0) is 12.1 Å². The van der Waals surface area contributed by atoms with Crippen LogP contribution in [-0.4, -0.2) is 35.9 Å². The zero-order valence-corrected chi connectivity index (χ0v) is 11.0. The minimum atomic E-state index is -1.09. The van der Waals surface area contributed by atoms with E-state index in [0.29, 0.717) is 23.7 Å². The molecule has 0 saturated carbocycles. The second kappa shape index (κ2) is 7.43. The van der Waals surface area contributed by atoms with Crippen LogP contribution in [0.5, 0.6) is 5.75 Å². The second-order valence-corrected chi connectivity index (χ2v) is 4.30. The number of nitrogens with one attached hydrogen (secondary N) is 1. The van der Waals surface area contributed by atoms with Gasteiger partial charge in [0, 0.05) is 23.7 Å². The number of hydrogen-bond donors (Lipinski definition) is 3. The number of rotatable bonds is 7. The number of hydrogen-bond acceptors (Lipinski definition) is 4. The van der Waals surface area contributed by atoms with Crippen molar-refractivity contribution < 1.29 is 19.7 Å². The third kappa shape index (κ3) is 4.70. The Labute approximate surface area is 114 Å².